The molecular formula is C20H27N. The van der Waals surface area contributed by atoms with Gasteiger partial charge in [0.25, 0.3) is 0 Å². The zero-order chi connectivity index (χ0) is 15.4. The van der Waals surface area contributed by atoms with Crippen LogP contribution in [0.5, 0.6) is 0 Å². The summed E-state index contributed by atoms with van der Waals surface area (Å²) < 4.78 is 0. The molecule has 0 saturated carbocycles. The van der Waals surface area contributed by atoms with Crippen LogP contribution in [-0.4, -0.2) is 6.54 Å². The average molecular weight is 281 g/mol. The lowest BCUT2D eigenvalue weighted by molar-refractivity contribution is 0.548. The van der Waals surface area contributed by atoms with Gasteiger partial charge in [-0.3, -0.25) is 0 Å². The maximum Gasteiger partial charge on any atom is 0.0360 e. The first-order valence-corrected chi connectivity index (χ1v) is 7.88. The highest BCUT2D eigenvalue weighted by molar-refractivity contribution is 5.35. The van der Waals surface area contributed by atoms with Crippen molar-refractivity contribution in [3.63, 3.8) is 0 Å². The summed E-state index contributed by atoms with van der Waals surface area (Å²) in [5.74, 6) is 0. The van der Waals surface area contributed by atoms with Crippen LogP contribution in [0.3, 0.4) is 0 Å². The third-order valence-corrected chi connectivity index (χ3v) is 4.31. The molecule has 2 rings (SSSR count). The average Bonchev–Trinajstić information content (AvgIpc) is 2.45. The topological polar surface area (TPSA) is 12.0 Å². The second-order valence-corrected chi connectivity index (χ2v) is 6.09. The summed E-state index contributed by atoms with van der Waals surface area (Å²) in [6, 6.07) is 14.0. The van der Waals surface area contributed by atoms with E-state index in [9.17, 15) is 0 Å². The zero-order valence-corrected chi connectivity index (χ0v) is 14.0. The Morgan fingerprint density at radius 1 is 0.857 bits per heavy atom. The summed E-state index contributed by atoms with van der Waals surface area (Å²) in [5.41, 5.74) is 8.29. The highest BCUT2D eigenvalue weighted by Gasteiger charge is 2.13. The van der Waals surface area contributed by atoms with Crippen LogP contribution in [0.2, 0.25) is 0 Å². The van der Waals surface area contributed by atoms with Gasteiger partial charge in [0.1, 0.15) is 0 Å². The summed E-state index contributed by atoms with van der Waals surface area (Å²) >= 11 is 0. The number of benzene rings is 2. The Hall–Kier alpha value is -1.60. The molecule has 0 saturated heterocycles. The normalized spacial score (nSPS) is 12.4. The lowest BCUT2D eigenvalue weighted by Crippen LogP contribution is -2.23. The molecule has 0 aromatic heterocycles. The molecule has 0 heterocycles. The van der Waals surface area contributed by atoms with Gasteiger partial charge < -0.3 is 5.32 Å². The van der Waals surface area contributed by atoms with E-state index in [0.29, 0.717) is 6.04 Å². The molecule has 112 valence electrons. The summed E-state index contributed by atoms with van der Waals surface area (Å²) in [7, 11) is 0. The van der Waals surface area contributed by atoms with E-state index in [1.54, 1.807) is 0 Å². The predicted molar refractivity (Wildman–Crippen MR) is 92.0 cm³/mol. The minimum Gasteiger partial charge on any atom is -0.310 e. The summed E-state index contributed by atoms with van der Waals surface area (Å²) in [4.78, 5) is 0. The lowest BCUT2D eigenvalue weighted by atomic mass is 9.93. The molecule has 1 atom stereocenters. The van der Waals surface area contributed by atoms with Crippen LogP contribution in [0.1, 0.15) is 46.3 Å². The van der Waals surface area contributed by atoms with Crippen molar-refractivity contribution in [2.75, 3.05) is 6.54 Å². The minimum absolute atomic E-state index is 0.384. The Kier molecular flexibility index (Phi) is 5.19. The first-order valence-electron chi connectivity index (χ1n) is 7.88. The largest absolute Gasteiger partial charge is 0.310 e. The van der Waals surface area contributed by atoms with E-state index in [2.05, 4.69) is 76.3 Å². The Balaban J connectivity index is 2.30. The van der Waals surface area contributed by atoms with Crippen LogP contribution in [0.4, 0.5) is 0 Å². The fourth-order valence-corrected chi connectivity index (χ4v) is 2.78. The van der Waals surface area contributed by atoms with Crippen LogP contribution in [0.15, 0.2) is 36.4 Å². The van der Waals surface area contributed by atoms with Gasteiger partial charge in [0, 0.05) is 6.04 Å². The first kappa shape index (κ1) is 15.8. The molecule has 0 aliphatic rings. The van der Waals surface area contributed by atoms with Crippen molar-refractivity contribution in [1.29, 1.82) is 0 Å². The molecule has 21 heavy (non-hydrogen) atoms. The van der Waals surface area contributed by atoms with Crippen LogP contribution >= 0.6 is 0 Å². The van der Waals surface area contributed by atoms with Crippen molar-refractivity contribution in [2.45, 2.75) is 47.1 Å². The summed E-state index contributed by atoms with van der Waals surface area (Å²) in [5, 5.41) is 3.64. The number of nitrogens with one attached hydrogen (secondary N) is 1. The Bertz CT molecular complexity index is 613. The lowest BCUT2D eigenvalue weighted by Gasteiger charge is -2.21. The second kappa shape index (κ2) is 6.91. The Labute approximate surface area is 129 Å². The SMILES string of the molecule is CCNC(Cc1cc(C)ccc1C)c1ccc(C)c(C)c1. The van der Waals surface area contributed by atoms with Crippen molar-refractivity contribution in [3.05, 3.63) is 69.8 Å². The molecule has 2 aromatic carbocycles. The van der Waals surface area contributed by atoms with Crippen LogP contribution in [-0.2, 0) is 6.42 Å². The summed E-state index contributed by atoms with van der Waals surface area (Å²) in [6.07, 6.45) is 1.05. The summed E-state index contributed by atoms with van der Waals surface area (Å²) in [6.45, 7) is 11.9. The van der Waals surface area contributed by atoms with E-state index in [0.717, 1.165) is 13.0 Å². The maximum absolute atomic E-state index is 3.64. The Morgan fingerprint density at radius 2 is 1.57 bits per heavy atom. The molecule has 1 unspecified atom stereocenters. The first-order chi connectivity index (χ1) is 10.0. The highest BCUT2D eigenvalue weighted by Crippen LogP contribution is 2.23. The Morgan fingerprint density at radius 3 is 2.24 bits per heavy atom. The van der Waals surface area contributed by atoms with Crippen LogP contribution < -0.4 is 5.32 Å². The van der Waals surface area contributed by atoms with Gasteiger partial charge in [-0.2, -0.15) is 0 Å². The van der Waals surface area contributed by atoms with Gasteiger partial charge >= 0.3 is 0 Å². The molecule has 0 spiro atoms. The van der Waals surface area contributed by atoms with E-state index in [1.807, 2.05) is 0 Å². The molecular weight excluding hydrogens is 254 g/mol. The maximum atomic E-state index is 3.64. The zero-order valence-electron chi connectivity index (χ0n) is 14.0. The molecule has 0 fully saturated rings. The number of aryl methyl sites for hydroxylation is 4. The predicted octanol–water partition coefficient (Wildman–Crippen LogP) is 4.81. The molecule has 2 aromatic rings. The van der Waals surface area contributed by atoms with Crippen molar-refractivity contribution >= 4 is 0 Å². The van der Waals surface area contributed by atoms with Gasteiger partial charge in [-0.05, 0) is 68.5 Å². The minimum atomic E-state index is 0.384. The van der Waals surface area contributed by atoms with Crippen LogP contribution in [0.25, 0.3) is 0 Å². The van der Waals surface area contributed by atoms with Gasteiger partial charge in [-0.25, -0.2) is 0 Å². The molecule has 1 N–H and O–H groups in total. The van der Waals surface area contributed by atoms with Crippen molar-refractivity contribution in [3.8, 4) is 0 Å². The van der Waals surface area contributed by atoms with Gasteiger partial charge in [-0.15, -0.1) is 0 Å². The number of likely N-dealkylation sites (N-methyl/N-ethyl adjacent to an activating group) is 1. The van der Waals surface area contributed by atoms with E-state index in [1.165, 1.54) is 33.4 Å². The quantitative estimate of drug-likeness (QED) is 0.829. The smallest absolute Gasteiger partial charge is 0.0360 e. The molecule has 0 radical (unpaired) electrons. The molecule has 0 aliphatic carbocycles. The van der Waals surface area contributed by atoms with Gasteiger partial charge in [0.05, 0.1) is 0 Å². The van der Waals surface area contributed by atoms with Crippen molar-refractivity contribution < 1.29 is 0 Å². The molecule has 0 aliphatic heterocycles. The molecule has 0 bridgehead atoms. The molecule has 1 heteroatoms. The molecule has 0 amide bonds. The van der Waals surface area contributed by atoms with Crippen molar-refractivity contribution in [1.82, 2.24) is 5.32 Å². The fourth-order valence-electron chi connectivity index (χ4n) is 2.78. The van der Waals surface area contributed by atoms with E-state index >= 15 is 0 Å². The van der Waals surface area contributed by atoms with Crippen LogP contribution in [0, 0.1) is 27.7 Å². The van der Waals surface area contributed by atoms with Gasteiger partial charge in [-0.1, -0.05) is 48.9 Å². The van der Waals surface area contributed by atoms with E-state index in [-0.39, 0.29) is 0 Å². The fraction of sp³-hybridized carbons (Fsp3) is 0.400. The molecule has 1 nitrogen and oxygen atoms in total. The number of hydrogen-bond acceptors (Lipinski definition) is 1. The van der Waals surface area contributed by atoms with E-state index in [4.69, 9.17) is 0 Å². The number of hydrogen-bond donors (Lipinski definition) is 1. The number of rotatable bonds is 5. The second-order valence-electron chi connectivity index (χ2n) is 6.09. The third-order valence-electron chi connectivity index (χ3n) is 4.31. The van der Waals surface area contributed by atoms with Crippen molar-refractivity contribution in [2.24, 2.45) is 0 Å². The monoisotopic (exact) mass is 281 g/mol. The van der Waals surface area contributed by atoms with Gasteiger partial charge in [0.15, 0.2) is 0 Å². The van der Waals surface area contributed by atoms with Gasteiger partial charge in [0.2, 0.25) is 0 Å². The standard InChI is InChI=1S/C20H27N/c1-6-21-20(18-10-9-15(3)17(5)12-18)13-19-11-14(2)7-8-16(19)4/h7-12,20-21H,6,13H2,1-5H3. The third kappa shape index (κ3) is 3.95. The highest BCUT2D eigenvalue weighted by atomic mass is 14.9. The van der Waals surface area contributed by atoms with E-state index < -0.39 is 0 Å².